The van der Waals surface area contributed by atoms with E-state index >= 15 is 0 Å². The Morgan fingerprint density at radius 1 is 1.03 bits per heavy atom. The Morgan fingerprint density at radius 2 is 1.77 bits per heavy atom. The second-order valence-corrected chi connectivity index (χ2v) is 8.20. The first kappa shape index (κ1) is 20.2. The normalized spacial score (nSPS) is 19.5. The molecule has 5 heteroatoms. The van der Waals surface area contributed by atoms with Crippen molar-refractivity contribution in [1.82, 2.24) is 9.88 Å². The number of hydrogen-bond acceptors (Lipinski definition) is 3. The molecule has 1 amide bonds. The number of carbonyl (C=O) groups excluding carboxylic acids is 1. The van der Waals surface area contributed by atoms with Crippen molar-refractivity contribution in [1.29, 1.82) is 0 Å². The van der Waals surface area contributed by atoms with Crippen LogP contribution < -0.4 is 5.73 Å². The fourth-order valence-corrected chi connectivity index (χ4v) is 4.44. The van der Waals surface area contributed by atoms with Crippen LogP contribution in [0.3, 0.4) is 0 Å². The molecule has 0 saturated carbocycles. The molecule has 0 bridgehead atoms. The van der Waals surface area contributed by atoms with Gasteiger partial charge in [-0.05, 0) is 72.3 Å². The number of likely N-dealkylation sites (tertiary alicyclic amines) is 1. The zero-order valence-corrected chi connectivity index (χ0v) is 16.9. The first-order chi connectivity index (χ1) is 14.5. The maximum Gasteiger partial charge on any atom is 0.225 e. The largest absolute Gasteiger partial charge is 0.369 e. The van der Waals surface area contributed by atoms with Gasteiger partial charge in [-0.25, -0.2) is 4.39 Å². The number of nitrogens with zero attached hydrogens (tertiary/aromatic N) is 2. The van der Waals surface area contributed by atoms with Crippen molar-refractivity contribution in [2.24, 2.45) is 11.1 Å². The van der Waals surface area contributed by atoms with E-state index in [4.69, 9.17) is 5.73 Å². The molecule has 1 saturated heterocycles. The summed E-state index contributed by atoms with van der Waals surface area (Å²) in [6, 6.07) is 18.9. The molecule has 30 heavy (non-hydrogen) atoms. The molecule has 154 valence electrons. The monoisotopic (exact) mass is 403 g/mol. The molecule has 1 unspecified atom stereocenters. The topological polar surface area (TPSA) is 59.2 Å². The third kappa shape index (κ3) is 4.57. The summed E-state index contributed by atoms with van der Waals surface area (Å²) < 4.78 is 13.5. The van der Waals surface area contributed by atoms with Gasteiger partial charge in [-0.3, -0.25) is 14.7 Å². The van der Waals surface area contributed by atoms with Gasteiger partial charge < -0.3 is 5.73 Å². The molecular weight excluding hydrogens is 377 g/mol. The van der Waals surface area contributed by atoms with Gasteiger partial charge in [0.25, 0.3) is 0 Å². The van der Waals surface area contributed by atoms with E-state index in [0.29, 0.717) is 19.5 Å². The quantitative estimate of drug-likeness (QED) is 0.671. The van der Waals surface area contributed by atoms with Crippen molar-refractivity contribution in [3.63, 3.8) is 0 Å². The van der Waals surface area contributed by atoms with E-state index in [-0.39, 0.29) is 11.7 Å². The molecule has 1 aromatic heterocycles. The Morgan fingerprint density at radius 3 is 2.47 bits per heavy atom. The van der Waals surface area contributed by atoms with E-state index in [1.54, 1.807) is 24.5 Å². The van der Waals surface area contributed by atoms with E-state index in [2.05, 4.69) is 34.1 Å². The lowest BCUT2D eigenvalue weighted by Gasteiger charge is -2.41. The minimum atomic E-state index is -0.607. The standard InChI is InChI=1S/C25H26FN3O/c26-23-4-1-3-20(15-23)17-29-14-2-11-25(18-29,24(27)30)16-19-5-7-21(8-6-19)22-9-12-28-13-10-22/h1,3-10,12-13,15H,2,11,14,16-18H2,(H2,27,30). The number of carbonyl (C=O) groups is 1. The number of amides is 1. The van der Waals surface area contributed by atoms with Crippen molar-refractivity contribution in [3.05, 3.63) is 90.0 Å². The Hall–Kier alpha value is -3.05. The summed E-state index contributed by atoms with van der Waals surface area (Å²) in [7, 11) is 0. The van der Waals surface area contributed by atoms with Gasteiger partial charge in [-0.15, -0.1) is 0 Å². The lowest BCUT2D eigenvalue weighted by Crippen LogP contribution is -2.51. The first-order valence-electron chi connectivity index (χ1n) is 10.3. The summed E-state index contributed by atoms with van der Waals surface area (Å²) in [5.41, 5.74) is 9.55. The van der Waals surface area contributed by atoms with Crippen molar-refractivity contribution < 1.29 is 9.18 Å². The molecular formula is C25H26FN3O. The van der Waals surface area contributed by atoms with Crippen molar-refractivity contribution >= 4 is 5.91 Å². The van der Waals surface area contributed by atoms with Gasteiger partial charge >= 0.3 is 0 Å². The molecule has 4 rings (SSSR count). The van der Waals surface area contributed by atoms with Crippen LogP contribution >= 0.6 is 0 Å². The number of rotatable bonds is 6. The molecule has 2 heterocycles. The number of aromatic nitrogens is 1. The molecule has 2 N–H and O–H groups in total. The van der Waals surface area contributed by atoms with Crippen LogP contribution in [0, 0.1) is 11.2 Å². The highest BCUT2D eigenvalue weighted by atomic mass is 19.1. The van der Waals surface area contributed by atoms with Crippen LogP contribution in [0.1, 0.15) is 24.0 Å². The summed E-state index contributed by atoms with van der Waals surface area (Å²) in [4.78, 5) is 18.8. The second kappa shape index (κ2) is 8.76. The van der Waals surface area contributed by atoms with Crippen molar-refractivity contribution in [3.8, 4) is 11.1 Å². The number of primary amides is 1. The fraction of sp³-hybridized carbons (Fsp3) is 0.280. The highest BCUT2D eigenvalue weighted by Crippen LogP contribution is 2.35. The molecule has 1 aliphatic heterocycles. The zero-order valence-electron chi connectivity index (χ0n) is 16.9. The predicted molar refractivity (Wildman–Crippen MR) is 116 cm³/mol. The van der Waals surface area contributed by atoms with Crippen LogP contribution in [-0.2, 0) is 17.8 Å². The summed E-state index contributed by atoms with van der Waals surface area (Å²) in [6.45, 7) is 2.09. The van der Waals surface area contributed by atoms with Gasteiger partial charge in [0.15, 0.2) is 0 Å². The minimum Gasteiger partial charge on any atom is -0.369 e. The maximum absolute atomic E-state index is 13.5. The second-order valence-electron chi connectivity index (χ2n) is 8.20. The van der Waals surface area contributed by atoms with E-state index in [9.17, 15) is 9.18 Å². The molecule has 2 aromatic carbocycles. The summed E-state index contributed by atoms with van der Waals surface area (Å²) >= 11 is 0. The van der Waals surface area contributed by atoms with Gasteiger partial charge in [-0.1, -0.05) is 36.4 Å². The Balaban J connectivity index is 1.50. The average molecular weight is 404 g/mol. The highest BCUT2D eigenvalue weighted by Gasteiger charge is 2.40. The lowest BCUT2D eigenvalue weighted by molar-refractivity contribution is -0.131. The molecule has 0 aliphatic carbocycles. The number of pyridine rings is 1. The number of nitrogens with two attached hydrogens (primary N) is 1. The molecule has 1 atom stereocenters. The SMILES string of the molecule is NC(=O)C1(Cc2ccc(-c3ccncc3)cc2)CCCN(Cc2cccc(F)c2)C1. The number of piperidine rings is 1. The Labute approximate surface area is 176 Å². The van der Waals surface area contributed by atoms with Crippen LogP contribution in [0.2, 0.25) is 0 Å². The van der Waals surface area contributed by atoms with Crippen molar-refractivity contribution in [2.45, 2.75) is 25.8 Å². The van der Waals surface area contributed by atoms with E-state index in [0.717, 1.165) is 41.6 Å². The van der Waals surface area contributed by atoms with Crippen LogP contribution in [0.5, 0.6) is 0 Å². The Bertz CT molecular complexity index is 1010. The van der Waals surface area contributed by atoms with Gasteiger partial charge in [0, 0.05) is 25.5 Å². The van der Waals surface area contributed by atoms with E-state index in [1.165, 1.54) is 6.07 Å². The third-order valence-corrected chi connectivity index (χ3v) is 5.98. The minimum absolute atomic E-state index is 0.236. The van der Waals surface area contributed by atoms with E-state index in [1.807, 2.05) is 18.2 Å². The maximum atomic E-state index is 13.5. The molecule has 4 nitrogen and oxygen atoms in total. The van der Waals surface area contributed by atoms with Crippen LogP contribution in [0.15, 0.2) is 73.1 Å². The van der Waals surface area contributed by atoms with E-state index < -0.39 is 5.41 Å². The summed E-state index contributed by atoms with van der Waals surface area (Å²) in [5.74, 6) is -0.496. The van der Waals surface area contributed by atoms with Gasteiger partial charge in [-0.2, -0.15) is 0 Å². The predicted octanol–water partition coefficient (Wildman–Crippen LogP) is 4.20. The number of hydrogen-bond donors (Lipinski definition) is 1. The molecule has 1 aliphatic rings. The number of halogens is 1. The summed E-state index contributed by atoms with van der Waals surface area (Å²) in [6.07, 6.45) is 5.83. The number of benzene rings is 2. The fourth-order valence-electron chi connectivity index (χ4n) is 4.44. The highest BCUT2D eigenvalue weighted by molar-refractivity contribution is 5.81. The van der Waals surface area contributed by atoms with Crippen LogP contribution in [0.4, 0.5) is 4.39 Å². The van der Waals surface area contributed by atoms with Gasteiger partial charge in [0.2, 0.25) is 5.91 Å². The van der Waals surface area contributed by atoms with Crippen molar-refractivity contribution in [2.75, 3.05) is 13.1 Å². The smallest absolute Gasteiger partial charge is 0.225 e. The van der Waals surface area contributed by atoms with Crippen LogP contribution in [-0.4, -0.2) is 28.9 Å². The molecule has 1 fully saturated rings. The molecule has 0 spiro atoms. The molecule has 3 aromatic rings. The Kier molecular flexibility index (Phi) is 5.91. The lowest BCUT2D eigenvalue weighted by atomic mass is 9.74. The average Bonchev–Trinajstić information content (AvgIpc) is 2.75. The molecule has 0 radical (unpaired) electrons. The van der Waals surface area contributed by atoms with Gasteiger partial charge in [0.1, 0.15) is 5.82 Å². The third-order valence-electron chi connectivity index (χ3n) is 5.98. The first-order valence-corrected chi connectivity index (χ1v) is 10.3. The van der Waals surface area contributed by atoms with Gasteiger partial charge in [0.05, 0.1) is 5.41 Å². The van der Waals surface area contributed by atoms with Crippen LogP contribution in [0.25, 0.3) is 11.1 Å². The zero-order chi connectivity index (χ0) is 21.0. The summed E-state index contributed by atoms with van der Waals surface area (Å²) in [5, 5.41) is 0.